The molecule has 1 aliphatic carbocycles. The monoisotopic (exact) mass is 763 g/mol. The fourth-order valence-corrected chi connectivity index (χ4v) is 8.90. The van der Waals surface area contributed by atoms with Crippen LogP contribution >= 0.6 is 11.6 Å². The largest absolute Gasteiger partial charge is 0.444 e. The lowest BCUT2D eigenvalue weighted by atomic mass is 9.61. The van der Waals surface area contributed by atoms with Crippen LogP contribution in [0.15, 0.2) is 36.7 Å². The van der Waals surface area contributed by atoms with Crippen molar-refractivity contribution in [2.24, 2.45) is 5.41 Å². The molecule has 5 heterocycles. The summed E-state index contributed by atoms with van der Waals surface area (Å²) in [6, 6.07) is 8.30. The van der Waals surface area contributed by atoms with E-state index in [4.69, 9.17) is 35.5 Å². The van der Waals surface area contributed by atoms with E-state index in [-0.39, 0.29) is 36.9 Å². The number of hydrogen-bond donors (Lipinski definition) is 0. The van der Waals surface area contributed by atoms with Crippen molar-refractivity contribution in [1.82, 2.24) is 34.2 Å². The molecule has 3 fully saturated rings. The first kappa shape index (κ1) is 36.0. The van der Waals surface area contributed by atoms with E-state index in [2.05, 4.69) is 28.8 Å². The number of halogens is 1. The van der Waals surface area contributed by atoms with E-state index in [0.29, 0.717) is 24.7 Å². The third-order valence-corrected chi connectivity index (χ3v) is 11.8. The maximum atomic E-state index is 12.7. The molecule has 8 rings (SSSR count). The van der Waals surface area contributed by atoms with Gasteiger partial charge in [-0.3, -0.25) is 13.5 Å². The van der Waals surface area contributed by atoms with Crippen LogP contribution in [0.1, 0.15) is 76.4 Å². The van der Waals surface area contributed by atoms with Gasteiger partial charge in [0, 0.05) is 64.5 Å². The summed E-state index contributed by atoms with van der Waals surface area (Å²) in [6.07, 6.45) is 9.29. The molecular formula is C38H46ClN7O6S. The van der Waals surface area contributed by atoms with Crippen LogP contribution in [0, 0.1) is 19.3 Å². The zero-order valence-electron chi connectivity index (χ0n) is 31.1. The minimum atomic E-state index is -3.55. The zero-order valence-corrected chi connectivity index (χ0v) is 32.6. The highest BCUT2D eigenvalue weighted by Crippen LogP contribution is 2.56. The van der Waals surface area contributed by atoms with E-state index in [1.165, 1.54) is 0 Å². The zero-order chi connectivity index (χ0) is 37.4. The normalized spacial score (nSPS) is 19.2. The van der Waals surface area contributed by atoms with Gasteiger partial charge >= 0.3 is 6.09 Å². The van der Waals surface area contributed by atoms with Gasteiger partial charge in [-0.25, -0.2) is 9.48 Å². The summed E-state index contributed by atoms with van der Waals surface area (Å²) in [5.74, 6) is 0. The first-order chi connectivity index (χ1) is 25.1. The van der Waals surface area contributed by atoms with Crippen molar-refractivity contribution in [3.05, 3.63) is 52.9 Å². The lowest BCUT2D eigenvalue weighted by molar-refractivity contribution is -0.0930. The lowest BCUT2D eigenvalue weighted by Gasteiger charge is -2.58. The van der Waals surface area contributed by atoms with Crippen LogP contribution in [-0.2, 0) is 30.3 Å². The number of fused-ring (bicyclic) bond motifs is 2. The number of aryl methyl sites for hydroxylation is 1. The van der Waals surface area contributed by atoms with Crippen LogP contribution in [0.25, 0.3) is 44.2 Å². The van der Waals surface area contributed by atoms with Gasteiger partial charge in [0.25, 0.3) is 10.1 Å². The molecule has 1 spiro atoms. The van der Waals surface area contributed by atoms with Crippen LogP contribution in [-0.4, -0.2) is 86.9 Å². The van der Waals surface area contributed by atoms with Crippen LogP contribution in [0.2, 0.25) is 5.02 Å². The summed E-state index contributed by atoms with van der Waals surface area (Å²) in [7, 11) is -3.55. The molecule has 15 heteroatoms. The minimum absolute atomic E-state index is 0.00667. The standard InChI is InChI=1S/C38H46ClN7O6S/c1-23-15-30-28(19-40-46(30)31-9-7-8-13-50-31)33(34(23)39)32-24(2)45(27-17-38(18-27)21-43(22-38)36(47)52-37(3,4)5)42-35(32)25-10-11-29-26(16-25)20-44(41-29)12-14-51-53(6,48)49/h10-11,15-16,19-20,27,31H,7-9,12-14,17-18,21-22H2,1-6H3. The number of hydrogen-bond acceptors (Lipinski definition) is 9. The molecule has 1 amide bonds. The highest BCUT2D eigenvalue weighted by Gasteiger charge is 2.55. The van der Waals surface area contributed by atoms with E-state index in [0.717, 1.165) is 93.8 Å². The number of ether oxygens (including phenoxy) is 2. The topological polar surface area (TPSA) is 136 Å². The van der Waals surface area contributed by atoms with E-state index in [9.17, 15) is 13.2 Å². The Labute approximate surface area is 314 Å². The van der Waals surface area contributed by atoms with E-state index < -0.39 is 15.7 Å². The van der Waals surface area contributed by atoms with E-state index in [1.807, 2.05) is 56.9 Å². The number of amides is 1. The molecular weight excluding hydrogens is 718 g/mol. The Morgan fingerprint density at radius 3 is 2.55 bits per heavy atom. The Kier molecular flexibility index (Phi) is 8.90. The van der Waals surface area contributed by atoms with Gasteiger partial charge in [0.05, 0.1) is 47.7 Å². The summed E-state index contributed by atoms with van der Waals surface area (Å²) in [6.45, 7) is 12.2. The molecule has 2 aromatic carbocycles. The van der Waals surface area contributed by atoms with Gasteiger partial charge in [0.2, 0.25) is 0 Å². The second kappa shape index (κ2) is 13.1. The SMILES string of the molecule is Cc1cc2c(cnn2C2CCCCO2)c(-c2c(-c3ccc4nn(CCOS(C)(=O)=O)cc4c3)nn(C3CC4(C3)CN(C(=O)OC(C)(C)C)C4)c2C)c1Cl. The molecule has 2 aliphatic heterocycles. The molecule has 1 atom stereocenters. The smallest absolute Gasteiger partial charge is 0.410 e. The number of nitrogens with zero attached hydrogens (tertiary/aromatic N) is 7. The van der Waals surface area contributed by atoms with Gasteiger partial charge in [-0.1, -0.05) is 17.7 Å². The lowest BCUT2D eigenvalue weighted by Crippen LogP contribution is -2.64. The molecule has 0 radical (unpaired) electrons. The second-order valence-electron chi connectivity index (χ2n) is 16.1. The van der Waals surface area contributed by atoms with E-state index >= 15 is 0 Å². The van der Waals surface area contributed by atoms with Gasteiger partial charge in [0.15, 0.2) is 6.23 Å². The van der Waals surface area contributed by atoms with Crippen molar-refractivity contribution in [1.29, 1.82) is 0 Å². The molecule has 3 aliphatic rings. The highest BCUT2D eigenvalue weighted by atomic mass is 35.5. The predicted molar refractivity (Wildman–Crippen MR) is 202 cm³/mol. The number of carbonyl (C=O) groups excluding carboxylic acids is 1. The maximum absolute atomic E-state index is 12.7. The van der Waals surface area contributed by atoms with Crippen LogP contribution in [0.3, 0.4) is 0 Å². The average Bonchev–Trinajstić information content (AvgIpc) is 3.74. The second-order valence-corrected chi connectivity index (χ2v) is 18.1. The summed E-state index contributed by atoms with van der Waals surface area (Å²) in [5.41, 5.74) is 6.78. The molecule has 0 bridgehead atoms. The summed E-state index contributed by atoms with van der Waals surface area (Å²) >= 11 is 7.29. The maximum Gasteiger partial charge on any atom is 0.410 e. The fraction of sp³-hybridized carbons (Fsp3) is 0.526. The van der Waals surface area contributed by atoms with Crippen molar-refractivity contribution in [3.8, 4) is 22.4 Å². The Morgan fingerprint density at radius 2 is 1.85 bits per heavy atom. The van der Waals surface area contributed by atoms with Gasteiger partial charge in [-0.15, -0.1) is 0 Å². The Hall–Kier alpha value is -3.98. The van der Waals surface area contributed by atoms with Crippen LogP contribution in [0.4, 0.5) is 4.79 Å². The summed E-state index contributed by atoms with van der Waals surface area (Å²) in [4.78, 5) is 14.5. The molecule has 2 saturated heterocycles. The Bertz CT molecular complexity index is 2340. The quantitative estimate of drug-likeness (QED) is 0.148. The van der Waals surface area contributed by atoms with Crippen molar-refractivity contribution in [2.45, 2.75) is 91.1 Å². The average molecular weight is 764 g/mol. The third-order valence-electron chi connectivity index (χ3n) is 10.7. The summed E-state index contributed by atoms with van der Waals surface area (Å²) < 4.78 is 45.6. The molecule has 53 heavy (non-hydrogen) atoms. The number of aromatic nitrogens is 6. The molecule has 1 saturated carbocycles. The van der Waals surface area contributed by atoms with Crippen molar-refractivity contribution < 1.29 is 26.9 Å². The minimum Gasteiger partial charge on any atom is -0.444 e. The Balaban J connectivity index is 1.18. The number of likely N-dealkylation sites (tertiary alicyclic amines) is 1. The highest BCUT2D eigenvalue weighted by molar-refractivity contribution is 7.85. The molecule has 282 valence electrons. The first-order valence-electron chi connectivity index (χ1n) is 18.3. The van der Waals surface area contributed by atoms with Gasteiger partial charge in [-0.2, -0.15) is 23.7 Å². The van der Waals surface area contributed by atoms with Gasteiger partial charge < -0.3 is 14.4 Å². The van der Waals surface area contributed by atoms with E-state index in [1.54, 1.807) is 9.58 Å². The van der Waals surface area contributed by atoms with Crippen LogP contribution < -0.4 is 0 Å². The Morgan fingerprint density at radius 1 is 1.08 bits per heavy atom. The molecule has 0 N–H and O–H groups in total. The molecule has 5 aromatic rings. The van der Waals surface area contributed by atoms with Gasteiger partial charge in [0.1, 0.15) is 11.3 Å². The van der Waals surface area contributed by atoms with Crippen molar-refractivity contribution in [3.63, 3.8) is 0 Å². The number of benzene rings is 2. The molecule has 13 nitrogen and oxygen atoms in total. The van der Waals surface area contributed by atoms with Crippen molar-refractivity contribution >= 4 is 49.6 Å². The molecule has 3 aromatic heterocycles. The van der Waals surface area contributed by atoms with Gasteiger partial charge in [-0.05, 0) is 90.5 Å². The molecule has 1 unspecified atom stereocenters. The fourth-order valence-electron chi connectivity index (χ4n) is 8.27. The third kappa shape index (κ3) is 6.83. The van der Waals surface area contributed by atoms with Crippen LogP contribution in [0.5, 0.6) is 0 Å². The first-order valence-corrected chi connectivity index (χ1v) is 20.4. The number of carbonyl (C=O) groups is 1. The van der Waals surface area contributed by atoms with Crippen molar-refractivity contribution in [2.75, 3.05) is 32.6 Å². The summed E-state index contributed by atoms with van der Waals surface area (Å²) in [5, 5.41) is 17.3. The number of rotatable bonds is 8. The predicted octanol–water partition coefficient (Wildman–Crippen LogP) is 7.43.